The molecular weight excluding hydrogens is 262 g/mol. The Morgan fingerprint density at radius 3 is 2.37 bits per heavy atom. The van der Waals surface area contributed by atoms with E-state index in [1.165, 1.54) is 0 Å². The maximum absolute atomic E-state index is 12.9. The van der Waals surface area contributed by atoms with Crippen molar-refractivity contribution in [2.45, 2.75) is 70.5 Å². The molecule has 112 valence electrons. The predicted octanol–water partition coefficient (Wildman–Crippen LogP) is 1.31. The van der Waals surface area contributed by atoms with Crippen LogP contribution in [0.2, 0.25) is 0 Å². The molecule has 3 atom stereocenters. The van der Waals surface area contributed by atoms with Crippen LogP contribution in [0.3, 0.4) is 0 Å². The maximum atomic E-state index is 12.9. The smallest absolute Gasteiger partial charge is 0.282 e. The zero-order valence-electron chi connectivity index (χ0n) is 12.1. The Morgan fingerprint density at radius 1 is 1.05 bits per heavy atom. The summed E-state index contributed by atoms with van der Waals surface area (Å²) < 4.78 is 29.2. The monoisotopic (exact) mass is 289 g/mol. The molecule has 2 rings (SSSR count). The number of piperidine rings is 2. The van der Waals surface area contributed by atoms with Gasteiger partial charge in [-0.05, 0) is 39.5 Å². The van der Waals surface area contributed by atoms with Crippen molar-refractivity contribution < 1.29 is 8.42 Å². The molecule has 5 nitrogen and oxygen atoms in total. The van der Waals surface area contributed by atoms with E-state index < -0.39 is 10.2 Å². The maximum Gasteiger partial charge on any atom is 0.282 e. The highest BCUT2D eigenvalue weighted by Crippen LogP contribution is 2.30. The SMILES string of the molecule is CC1CCCCN1S(=O)(=O)N1C(C)CCCC1CN. The summed E-state index contributed by atoms with van der Waals surface area (Å²) in [6, 6.07) is 0.163. The van der Waals surface area contributed by atoms with Gasteiger partial charge >= 0.3 is 0 Å². The third-order valence-electron chi connectivity index (χ3n) is 4.53. The van der Waals surface area contributed by atoms with Crippen LogP contribution in [0.15, 0.2) is 0 Å². The van der Waals surface area contributed by atoms with Crippen molar-refractivity contribution in [1.82, 2.24) is 8.61 Å². The van der Waals surface area contributed by atoms with E-state index in [0.717, 1.165) is 38.5 Å². The first-order valence-electron chi connectivity index (χ1n) is 7.49. The van der Waals surface area contributed by atoms with Crippen LogP contribution in [-0.2, 0) is 10.2 Å². The van der Waals surface area contributed by atoms with E-state index >= 15 is 0 Å². The largest absolute Gasteiger partial charge is 0.329 e. The first-order valence-corrected chi connectivity index (χ1v) is 8.88. The standard InChI is InChI=1S/C13H27N3O2S/c1-11-6-3-4-9-15(11)19(17,18)16-12(2)7-5-8-13(16)10-14/h11-13H,3-10,14H2,1-2H3. The van der Waals surface area contributed by atoms with Crippen molar-refractivity contribution in [1.29, 1.82) is 0 Å². The van der Waals surface area contributed by atoms with Crippen LogP contribution < -0.4 is 5.73 Å². The quantitative estimate of drug-likeness (QED) is 0.852. The summed E-state index contributed by atoms with van der Waals surface area (Å²) in [5.74, 6) is 0. The van der Waals surface area contributed by atoms with Crippen LogP contribution in [0.25, 0.3) is 0 Å². The molecule has 2 N–H and O–H groups in total. The van der Waals surface area contributed by atoms with Crippen molar-refractivity contribution >= 4 is 10.2 Å². The van der Waals surface area contributed by atoms with E-state index in [0.29, 0.717) is 13.1 Å². The normalized spacial score (nSPS) is 35.4. The molecule has 0 saturated carbocycles. The van der Waals surface area contributed by atoms with Crippen LogP contribution in [0, 0.1) is 0 Å². The third-order valence-corrected chi connectivity index (χ3v) is 6.86. The minimum absolute atomic E-state index is 0.0251. The Bertz CT molecular complexity index is 399. The second kappa shape index (κ2) is 6.08. The van der Waals surface area contributed by atoms with Gasteiger partial charge in [-0.2, -0.15) is 17.0 Å². The number of nitrogens with two attached hydrogens (primary N) is 1. The predicted molar refractivity (Wildman–Crippen MR) is 76.9 cm³/mol. The second-order valence-corrected chi connectivity index (χ2v) is 7.75. The lowest BCUT2D eigenvalue weighted by Crippen LogP contribution is -2.58. The molecule has 0 aromatic rings. The third kappa shape index (κ3) is 2.96. The van der Waals surface area contributed by atoms with E-state index in [2.05, 4.69) is 0 Å². The molecule has 19 heavy (non-hydrogen) atoms. The van der Waals surface area contributed by atoms with Crippen molar-refractivity contribution in [3.05, 3.63) is 0 Å². The zero-order chi connectivity index (χ0) is 14.0. The Hall–Kier alpha value is -0.170. The lowest BCUT2D eigenvalue weighted by molar-refractivity contribution is 0.165. The van der Waals surface area contributed by atoms with Gasteiger partial charge in [-0.3, -0.25) is 0 Å². The van der Waals surface area contributed by atoms with Gasteiger partial charge < -0.3 is 5.73 Å². The number of hydrogen-bond acceptors (Lipinski definition) is 3. The summed E-state index contributed by atoms with van der Waals surface area (Å²) in [6.45, 7) is 5.10. The van der Waals surface area contributed by atoms with Crippen LogP contribution >= 0.6 is 0 Å². The molecule has 0 bridgehead atoms. The van der Waals surface area contributed by atoms with Crippen LogP contribution in [0.4, 0.5) is 0 Å². The molecule has 3 unspecified atom stereocenters. The van der Waals surface area contributed by atoms with Crippen molar-refractivity contribution in [2.75, 3.05) is 13.1 Å². The highest BCUT2D eigenvalue weighted by molar-refractivity contribution is 7.86. The summed E-state index contributed by atoms with van der Waals surface area (Å²) >= 11 is 0. The number of rotatable bonds is 3. The van der Waals surface area contributed by atoms with Crippen molar-refractivity contribution in [2.24, 2.45) is 5.73 Å². The molecule has 0 amide bonds. The average molecular weight is 289 g/mol. The number of nitrogens with zero attached hydrogens (tertiary/aromatic N) is 2. The highest BCUT2D eigenvalue weighted by atomic mass is 32.2. The van der Waals surface area contributed by atoms with E-state index in [9.17, 15) is 8.42 Å². The Balaban J connectivity index is 2.25. The Morgan fingerprint density at radius 2 is 1.74 bits per heavy atom. The van der Waals surface area contributed by atoms with Crippen LogP contribution in [-0.4, -0.2) is 48.2 Å². The fourth-order valence-electron chi connectivity index (χ4n) is 3.44. The van der Waals surface area contributed by atoms with Gasteiger partial charge in [0.1, 0.15) is 0 Å². The Labute approximate surface area is 117 Å². The lowest BCUT2D eigenvalue weighted by atomic mass is 10.00. The molecule has 0 aromatic heterocycles. The van der Waals surface area contributed by atoms with E-state index in [4.69, 9.17) is 5.73 Å². The minimum atomic E-state index is -3.36. The summed E-state index contributed by atoms with van der Waals surface area (Å²) in [5, 5.41) is 0. The molecule has 2 aliphatic rings. The topological polar surface area (TPSA) is 66.6 Å². The first-order chi connectivity index (χ1) is 8.98. The first kappa shape index (κ1) is 15.2. The van der Waals surface area contributed by atoms with Crippen LogP contribution in [0.5, 0.6) is 0 Å². The molecule has 0 radical (unpaired) electrons. The molecular formula is C13H27N3O2S. The molecule has 0 aromatic carbocycles. The minimum Gasteiger partial charge on any atom is -0.329 e. The fourth-order valence-corrected chi connectivity index (χ4v) is 5.73. The van der Waals surface area contributed by atoms with Gasteiger partial charge in [-0.15, -0.1) is 0 Å². The summed E-state index contributed by atoms with van der Waals surface area (Å²) in [7, 11) is -3.36. The summed E-state index contributed by atoms with van der Waals surface area (Å²) in [4.78, 5) is 0. The van der Waals surface area contributed by atoms with E-state index in [1.54, 1.807) is 8.61 Å². The fraction of sp³-hybridized carbons (Fsp3) is 1.00. The van der Waals surface area contributed by atoms with Gasteiger partial charge in [0.25, 0.3) is 10.2 Å². The Kier molecular flexibility index (Phi) is 4.87. The molecule has 2 fully saturated rings. The number of hydrogen-bond donors (Lipinski definition) is 1. The van der Waals surface area contributed by atoms with Gasteiger partial charge in [0.2, 0.25) is 0 Å². The van der Waals surface area contributed by atoms with E-state index in [-0.39, 0.29) is 18.1 Å². The van der Waals surface area contributed by atoms with E-state index in [1.807, 2.05) is 13.8 Å². The van der Waals surface area contributed by atoms with Crippen molar-refractivity contribution in [3.8, 4) is 0 Å². The van der Waals surface area contributed by atoms with Gasteiger partial charge in [0.15, 0.2) is 0 Å². The van der Waals surface area contributed by atoms with Gasteiger partial charge in [0.05, 0.1) is 0 Å². The molecule has 2 saturated heterocycles. The molecule has 2 heterocycles. The molecule has 2 aliphatic heterocycles. The van der Waals surface area contributed by atoms with Gasteiger partial charge in [-0.1, -0.05) is 12.8 Å². The molecule has 0 spiro atoms. The van der Waals surface area contributed by atoms with Crippen LogP contribution in [0.1, 0.15) is 52.4 Å². The average Bonchev–Trinajstić information content (AvgIpc) is 2.38. The summed E-state index contributed by atoms with van der Waals surface area (Å²) in [6.07, 6.45) is 5.97. The highest BCUT2D eigenvalue weighted by Gasteiger charge is 2.41. The second-order valence-electron chi connectivity index (χ2n) is 5.96. The van der Waals surface area contributed by atoms with Crippen molar-refractivity contribution in [3.63, 3.8) is 0 Å². The lowest BCUT2D eigenvalue weighted by Gasteiger charge is -2.44. The summed E-state index contributed by atoms with van der Waals surface area (Å²) in [5.41, 5.74) is 5.79. The molecule has 6 heteroatoms. The zero-order valence-corrected chi connectivity index (χ0v) is 12.9. The molecule has 0 aliphatic carbocycles. The van der Waals surface area contributed by atoms with Gasteiger partial charge in [-0.25, -0.2) is 0 Å². The van der Waals surface area contributed by atoms with Gasteiger partial charge in [0, 0.05) is 31.2 Å².